The molecule has 9 nitrogen and oxygen atoms in total. The second-order valence-corrected chi connectivity index (χ2v) is 2.29. The van der Waals surface area contributed by atoms with Gasteiger partial charge in [0.05, 0.1) is 7.05 Å². The van der Waals surface area contributed by atoms with E-state index < -0.39 is 10.1 Å². The van der Waals surface area contributed by atoms with Gasteiger partial charge in [-0.1, -0.05) is 5.01 Å². The van der Waals surface area contributed by atoms with E-state index in [0.717, 1.165) is 7.05 Å². The summed E-state index contributed by atoms with van der Waals surface area (Å²) in [6.45, 7) is -0.425. The molecule has 76 valence electrons. The predicted octanol–water partition coefficient (Wildman–Crippen LogP) is -1.26. The van der Waals surface area contributed by atoms with Crippen molar-refractivity contribution in [3.05, 3.63) is 20.2 Å². The van der Waals surface area contributed by atoms with E-state index in [4.69, 9.17) is 0 Å². The molecule has 0 rings (SSSR count). The molecule has 0 heterocycles. The Morgan fingerprint density at radius 2 is 1.85 bits per heavy atom. The van der Waals surface area contributed by atoms with Crippen molar-refractivity contribution in [1.82, 2.24) is 15.3 Å². The van der Waals surface area contributed by atoms with Crippen molar-refractivity contribution in [2.75, 3.05) is 27.4 Å². The highest BCUT2D eigenvalue weighted by Crippen LogP contribution is 1.90. The Hall–Kier alpha value is -1.64. The van der Waals surface area contributed by atoms with Crippen molar-refractivity contribution >= 4 is 0 Å². The summed E-state index contributed by atoms with van der Waals surface area (Å²) in [4.78, 5) is 20.4. The molecule has 1 N–H and O–H groups in total. The third kappa shape index (κ3) is 4.06. The van der Waals surface area contributed by atoms with E-state index in [0.29, 0.717) is 10.0 Å². The average Bonchev–Trinajstić information content (AvgIpc) is 2.03. The molecule has 0 aliphatic heterocycles. The number of nitrogens with one attached hydrogen (secondary N) is 1. The zero-order chi connectivity index (χ0) is 10.4. The minimum atomic E-state index is -0.716. The molecular formula is C4H11N5O4. The molecule has 0 radical (unpaired) electrons. The molecule has 9 heteroatoms. The van der Waals surface area contributed by atoms with Crippen LogP contribution in [-0.4, -0.2) is 47.5 Å². The Morgan fingerprint density at radius 3 is 2.15 bits per heavy atom. The number of nitro groups is 2. The molecule has 0 fully saturated rings. The van der Waals surface area contributed by atoms with Crippen molar-refractivity contribution < 1.29 is 10.1 Å². The fourth-order valence-corrected chi connectivity index (χ4v) is 0.630. The molecule has 0 amide bonds. The van der Waals surface area contributed by atoms with E-state index in [-0.39, 0.29) is 13.3 Å². The van der Waals surface area contributed by atoms with Crippen molar-refractivity contribution in [2.24, 2.45) is 0 Å². The molecule has 0 saturated carbocycles. The molecule has 0 aromatic rings. The first kappa shape index (κ1) is 11.4. The van der Waals surface area contributed by atoms with Gasteiger partial charge < -0.3 is 0 Å². The minimum Gasteiger partial charge on any atom is -0.298 e. The normalized spacial score (nSPS) is 9.38. The first-order valence-corrected chi connectivity index (χ1v) is 3.38. The lowest BCUT2D eigenvalue weighted by molar-refractivity contribution is -0.708. The standard InChI is InChI=1S/C4H11N5O4/c1-5-3-7(9(12)13)4-6(2)8(10)11/h5H,3-4H2,1-2H3. The smallest absolute Gasteiger partial charge is 0.208 e. The molecular weight excluding hydrogens is 182 g/mol. The zero-order valence-corrected chi connectivity index (χ0v) is 7.34. The lowest BCUT2D eigenvalue weighted by Crippen LogP contribution is -2.45. The molecule has 0 unspecified atom stereocenters. The molecule has 0 spiro atoms. The van der Waals surface area contributed by atoms with E-state index in [1.807, 2.05) is 0 Å². The van der Waals surface area contributed by atoms with E-state index in [9.17, 15) is 20.2 Å². The molecule has 0 saturated heterocycles. The second-order valence-electron chi connectivity index (χ2n) is 2.29. The lowest BCUT2D eigenvalue weighted by Gasteiger charge is -2.15. The minimum absolute atomic E-state index is 0.0504. The maximum absolute atomic E-state index is 10.3. The van der Waals surface area contributed by atoms with Crippen LogP contribution in [0.3, 0.4) is 0 Å². The van der Waals surface area contributed by atoms with Gasteiger partial charge in [0.1, 0.15) is 6.67 Å². The van der Waals surface area contributed by atoms with Gasteiger partial charge in [-0.25, -0.2) is 20.2 Å². The fraction of sp³-hybridized carbons (Fsp3) is 1.00. The summed E-state index contributed by atoms with van der Waals surface area (Å²) in [5.74, 6) is 0. The van der Waals surface area contributed by atoms with Gasteiger partial charge in [-0.15, -0.1) is 5.01 Å². The summed E-state index contributed by atoms with van der Waals surface area (Å²) in [5.41, 5.74) is 0. The van der Waals surface area contributed by atoms with Crippen LogP contribution in [0.15, 0.2) is 0 Å². The van der Waals surface area contributed by atoms with Crippen LogP contribution in [0.1, 0.15) is 0 Å². The summed E-state index contributed by atoms with van der Waals surface area (Å²) in [7, 11) is 2.68. The monoisotopic (exact) mass is 193 g/mol. The van der Waals surface area contributed by atoms with Crippen LogP contribution in [-0.2, 0) is 0 Å². The fourth-order valence-electron chi connectivity index (χ4n) is 0.630. The first-order valence-electron chi connectivity index (χ1n) is 3.38. The van der Waals surface area contributed by atoms with Crippen LogP contribution < -0.4 is 5.32 Å². The summed E-state index contributed by atoms with van der Waals surface area (Å²) >= 11 is 0. The quantitative estimate of drug-likeness (QED) is 0.319. The van der Waals surface area contributed by atoms with Crippen molar-refractivity contribution in [2.45, 2.75) is 0 Å². The Morgan fingerprint density at radius 1 is 1.31 bits per heavy atom. The van der Waals surface area contributed by atoms with Gasteiger partial charge in [-0.2, -0.15) is 0 Å². The number of hydrogen-bond donors (Lipinski definition) is 1. The predicted molar refractivity (Wildman–Crippen MR) is 42.4 cm³/mol. The highest BCUT2D eigenvalue weighted by Gasteiger charge is 2.19. The summed E-state index contributed by atoms with van der Waals surface area (Å²) in [5, 5.41) is 22.8. The summed E-state index contributed by atoms with van der Waals surface area (Å²) in [6.07, 6.45) is 0. The second kappa shape index (κ2) is 5.09. The van der Waals surface area contributed by atoms with Crippen molar-refractivity contribution in [3.63, 3.8) is 0 Å². The third-order valence-electron chi connectivity index (χ3n) is 1.22. The molecule has 0 aromatic carbocycles. The van der Waals surface area contributed by atoms with Gasteiger partial charge in [0, 0.05) is 0 Å². The molecule has 0 atom stereocenters. The average molecular weight is 193 g/mol. The van der Waals surface area contributed by atoms with Crippen molar-refractivity contribution in [3.8, 4) is 0 Å². The van der Waals surface area contributed by atoms with Gasteiger partial charge in [-0.3, -0.25) is 5.32 Å². The zero-order valence-electron chi connectivity index (χ0n) is 7.34. The van der Waals surface area contributed by atoms with Crippen LogP contribution >= 0.6 is 0 Å². The summed E-state index contributed by atoms with van der Waals surface area (Å²) < 4.78 is 0. The van der Waals surface area contributed by atoms with Gasteiger partial charge >= 0.3 is 0 Å². The molecule has 0 aliphatic rings. The molecule has 0 aromatic heterocycles. The Labute approximate surface area is 74.1 Å². The maximum Gasteiger partial charge on any atom is 0.208 e. The van der Waals surface area contributed by atoms with Crippen LogP contribution in [0.2, 0.25) is 0 Å². The largest absolute Gasteiger partial charge is 0.298 e. The molecule has 0 bridgehead atoms. The lowest BCUT2D eigenvalue weighted by atomic mass is 10.8. The van der Waals surface area contributed by atoms with E-state index in [1.54, 1.807) is 0 Å². The third-order valence-corrected chi connectivity index (χ3v) is 1.22. The van der Waals surface area contributed by atoms with Crippen molar-refractivity contribution in [1.29, 1.82) is 0 Å². The maximum atomic E-state index is 10.3. The SMILES string of the molecule is CNCN(CN(C)[N+](=O)[O-])[N+](=O)[O-]. The van der Waals surface area contributed by atoms with Crippen LogP contribution in [0.5, 0.6) is 0 Å². The Bertz CT molecular complexity index is 197. The van der Waals surface area contributed by atoms with Crippen LogP contribution in [0, 0.1) is 20.2 Å². The number of rotatable bonds is 6. The van der Waals surface area contributed by atoms with E-state index in [2.05, 4.69) is 5.32 Å². The van der Waals surface area contributed by atoms with E-state index in [1.165, 1.54) is 7.05 Å². The topological polar surface area (TPSA) is 105 Å². The Kier molecular flexibility index (Phi) is 4.44. The highest BCUT2D eigenvalue weighted by atomic mass is 16.7. The van der Waals surface area contributed by atoms with Gasteiger partial charge in [0.25, 0.3) is 0 Å². The number of nitrogens with zero attached hydrogens (tertiary/aromatic N) is 4. The summed E-state index contributed by atoms with van der Waals surface area (Å²) in [6, 6.07) is 0. The number of hydrogen-bond acceptors (Lipinski definition) is 5. The Balaban J connectivity index is 4.09. The van der Waals surface area contributed by atoms with Crippen LogP contribution in [0.4, 0.5) is 0 Å². The molecule has 0 aliphatic carbocycles. The van der Waals surface area contributed by atoms with Crippen LogP contribution in [0.25, 0.3) is 0 Å². The van der Waals surface area contributed by atoms with Gasteiger partial charge in [0.2, 0.25) is 6.67 Å². The highest BCUT2D eigenvalue weighted by molar-refractivity contribution is 4.36. The molecule has 13 heavy (non-hydrogen) atoms. The number of hydrazine groups is 2. The van der Waals surface area contributed by atoms with Gasteiger partial charge in [0.15, 0.2) is 10.1 Å². The first-order chi connectivity index (χ1) is 5.99. The van der Waals surface area contributed by atoms with Gasteiger partial charge in [-0.05, 0) is 7.05 Å². The van der Waals surface area contributed by atoms with E-state index >= 15 is 0 Å².